The molecule has 3 N–H and O–H groups in total. The van der Waals surface area contributed by atoms with E-state index in [1.165, 1.54) is 36.3 Å². The number of hydrogen-bond donors (Lipinski definition) is 2. The molecule has 4 heteroatoms. The second kappa shape index (κ2) is 5.24. The summed E-state index contributed by atoms with van der Waals surface area (Å²) in [5, 5.41) is 3.43. The monoisotopic (exact) mass is 261 g/mol. The lowest BCUT2D eigenvalue weighted by molar-refractivity contribution is 0.324. The minimum absolute atomic E-state index is 0.438. The Hall–Kier alpha value is -1.13. The Balaban J connectivity index is 1.64. The summed E-state index contributed by atoms with van der Waals surface area (Å²) in [6.07, 6.45) is 9.96. The molecule has 0 bridgehead atoms. The van der Waals surface area contributed by atoms with Gasteiger partial charge < -0.3 is 10.7 Å². The van der Waals surface area contributed by atoms with Crippen molar-refractivity contribution in [1.29, 1.82) is 0 Å². The van der Waals surface area contributed by atoms with Crippen molar-refractivity contribution < 1.29 is 0 Å². The molecule has 18 heavy (non-hydrogen) atoms. The topological polar surface area (TPSA) is 54.7 Å². The van der Waals surface area contributed by atoms with Gasteiger partial charge in [0.25, 0.3) is 0 Å². The molecule has 0 aromatic carbocycles. The summed E-state index contributed by atoms with van der Waals surface area (Å²) >= 11 is 1.79. The van der Waals surface area contributed by atoms with E-state index in [0.717, 1.165) is 18.0 Å². The van der Waals surface area contributed by atoms with E-state index in [1.54, 1.807) is 11.3 Å². The molecular weight excluding hydrogens is 242 g/mol. The Labute approximate surface area is 111 Å². The quantitative estimate of drug-likeness (QED) is 0.891. The SMILES string of the molecule is NC1CCC(Cc2nc(-c3cc[nH]c3)cs2)CC1. The molecule has 96 valence electrons. The molecule has 0 radical (unpaired) electrons. The number of nitrogens with zero attached hydrogens (tertiary/aromatic N) is 1. The predicted octanol–water partition coefficient (Wildman–Crippen LogP) is 3.20. The van der Waals surface area contributed by atoms with Gasteiger partial charge in [0.2, 0.25) is 0 Å². The normalized spacial score (nSPS) is 24.3. The fraction of sp³-hybridized carbons (Fsp3) is 0.500. The van der Waals surface area contributed by atoms with Crippen LogP contribution in [-0.2, 0) is 6.42 Å². The number of rotatable bonds is 3. The Kier molecular flexibility index (Phi) is 3.48. The summed E-state index contributed by atoms with van der Waals surface area (Å²) in [5.74, 6) is 0.787. The average molecular weight is 261 g/mol. The van der Waals surface area contributed by atoms with Gasteiger partial charge in [0.05, 0.1) is 10.7 Å². The summed E-state index contributed by atoms with van der Waals surface area (Å²) in [5.41, 5.74) is 8.23. The van der Waals surface area contributed by atoms with Crippen molar-refractivity contribution in [3.8, 4) is 11.3 Å². The van der Waals surface area contributed by atoms with Crippen LogP contribution in [0.15, 0.2) is 23.8 Å². The standard InChI is InChI=1S/C14H19N3S/c15-12-3-1-10(2-4-12)7-14-17-13(9-18-14)11-5-6-16-8-11/h5-6,8-10,12,16H,1-4,7,15H2. The second-order valence-electron chi connectivity index (χ2n) is 5.21. The lowest BCUT2D eigenvalue weighted by Crippen LogP contribution is -2.27. The largest absolute Gasteiger partial charge is 0.367 e. The molecule has 0 amide bonds. The van der Waals surface area contributed by atoms with Gasteiger partial charge in [-0.05, 0) is 37.7 Å². The summed E-state index contributed by atoms with van der Waals surface area (Å²) in [6, 6.07) is 2.51. The number of thiazole rings is 1. The van der Waals surface area contributed by atoms with Crippen molar-refractivity contribution in [2.45, 2.75) is 38.1 Å². The summed E-state index contributed by atoms with van der Waals surface area (Å²) < 4.78 is 0. The van der Waals surface area contributed by atoms with Gasteiger partial charge in [-0.2, -0.15) is 0 Å². The molecule has 0 aliphatic heterocycles. The highest BCUT2D eigenvalue weighted by Crippen LogP contribution is 2.29. The van der Waals surface area contributed by atoms with Crippen LogP contribution in [0, 0.1) is 5.92 Å². The van der Waals surface area contributed by atoms with E-state index >= 15 is 0 Å². The lowest BCUT2D eigenvalue weighted by atomic mass is 9.85. The number of aromatic amines is 1. The average Bonchev–Trinajstić information content (AvgIpc) is 3.02. The Bertz CT molecular complexity index is 481. The molecule has 0 saturated heterocycles. The summed E-state index contributed by atoms with van der Waals surface area (Å²) in [7, 11) is 0. The van der Waals surface area contributed by atoms with Gasteiger partial charge in [0.1, 0.15) is 0 Å². The first kappa shape index (κ1) is 11.9. The first-order valence-corrected chi connectivity index (χ1v) is 7.52. The number of H-pyrrole nitrogens is 1. The highest BCUT2D eigenvalue weighted by molar-refractivity contribution is 7.09. The number of nitrogens with one attached hydrogen (secondary N) is 1. The highest BCUT2D eigenvalue weighted by Gasteiger charge is 2.20. The molecule has 2 aromatic rings. The van der Waals surface area contributed by atoms with Gasteiger partial charge in [-0.3, -0.25) is 0 Å². The molecule has 1 aliphatic rings. The van der Waals surface area contributed by atoms with Crippen molar-refractivity contribution in [1.82, 2.24) is 9.97 Å². The number of nitrogens with two attached hydrogens (primary N) is 1. The minimum Gasteiger partial charge on any atom is -0.367 e. The van der Waals surface area contributed by atoms with Crippen LogP contribution in [0.4, 0.5) is 0 Å². The van der Waals surface area contributed by atoms with E-state index in [4.69, 9.17) is 10.7 Å². The fourth-order valence-electron chi connectivity index (χ4n) is 2.66. The van der Waals surface area contributed by atoms with Crippen LogP contribution in [-0.4, -0.2) is 16.0 Å². The zero-order chi connectivity index (χ0) is 12.4. The van der Waals surface area contributed by atoms with Gasteiger partial charge >= 0.3 is 0 Å². The predicted molar refractivity (Wildman–Crippen MR) is 75.5 cm³/mol. The van der Waals surface area contributed by atoms with Crippen molar-refractivity contribution in [3.63, 3.8) is 0 Å². The smallest absolute Gasteiger partial charge is 0.0935 e. The number of hydrogen-bond acceptors (Lipinski definition) is 3. The molecule has 0 spiro atoms. The zero-order valence-corrected chi connectivity index (χ0v) is 11.2. The lowest BCUT2D eigenvalue weighted by Gasteiger charge is -2.25. The van der Waals surface area contributed by atoms with Gasteiger partial charge in [-0.25, -0.2) is 4.98 Å². The molecular formula is C14H19N3S. The van der Waals surface area contributed by atoms with Crippen LogP contribution >= 0.6 is 11.3 Å². The molecule has 0 unspecified atom stereocenters. The Morgan fingerprint density at radius 3 is 2.89 bits per heavy atom. The van der Waals surface area contributed by atoms with Crippen LogP contribution in [0.1, 0.15) is 30.7 Å². The summed E-state index contributed by atoms with van der Waals surface area (Å²) in [4.78, 5) is 7.81. The van der Waals surface area contributed by atoms with Gasteiger partial charge in [0, 0.05) is 35.8 Å². The molecule has 3 nitrogen and oxygen atoms in total. The maximum Gasteiger partial charge on any atom is 0.0935 e. The van der Waals surface area contributed by atoms with E-state index in [-0.39, 0.29) is 0 Å². The Morgan fingerprint density at radius 1 is 1.33 bits per heavy atom. The zero-order valence-electron chi connectivity index (χ0n) is 10.4. The first-order valence-electron chi connectivity index (χ1n) is 6.64. The second-order valence-corrected chi connectivity index (χ2v) is 6.15. The van der Waals surface area contributed by atoms with E-state index < -0.39 is 0 Å². The first-order chi connectivity index (χ1) is 8.81. The van der Waals surface area contributed by atoms with Crippen LogP contribution in [0.2, 0.25) is 0 Å². The molecule has 1 saturated carbocycles. The molecule has 2 heterocycles. The van der Waals surface area contributed by atoms with Crippen LogP contribution < -0.4 is 5.73 Å². The third-order valence-electron chi connectivity index (χ3n) is 3.80. The third kappa shape index (κ3) is 2.65. The van der Waals surface area contributed by atoms with Gasteiger partial charge in [-0.15, -0.1) is 11.3 Å². The maximum absolute atomic E-state index is 5.94. The molecule has 0 atom stereocenters. The van der Waals surface area contributed by atoms with E-state index in [0.29, 0.717) is 6.04 Å². The number of aromatic nitrogens is 2. The van der Waals surface area contributed by atoms with Crippen LogP contribution in [0.3, 0.4) is 0 Å². The van der Waals surface area contributed by atoms with Crippen molar-refractivity contribution in [2.75, 3.05) is 0 Å². The fourth-order valence-corrected chi connectivity index (χ4v) is 3.58. The van der Waals surface area contributed by atoms with Gasteiger partial charge in [-0.1, -0.05) is 0 Å². The minimum atomic E-state index is 0.438. The molecule has 1 aliphatic carbocycles. The van der Waals surface area contributed by atoms with E-state index in [9.17, 15) is 0 Å². The van der Waals surface area contributed by atoms with E-state index in [2.05, 4.69) is 16.4 Å². The maximum atomic E-state index is 5.94. The van der Waals surface area contributed by atoms with Crippen LogP contribution in [0.5, 0.6) is 0 Å². The third-order valence-corrected chi connectivity index (χ3v) is 4.67. The van der Waals surface area contributed by atoms with Crippen LogP contribution in [0.25, 0.3) is 11.3 Å². The van der Waals surface area contributed by atoms with Gasteiger partial charge in [0.15, 0.2) is 0 Å². The molecule has 1 fully saturated rings. The van der Waals surface area contributed by atoms with E-state index in [1.807, 2.05) is 12.4 Å². The van der Waals surface area contributed by atoms with Crippen molar-refractivity contribution >= 4 is 11.3 Å². The molecule has 3 rings (SSSR count). The van der Waals surface area contributed by atoms with Crippen molar-refractivity contribution in [3.05, 3.63) is 28.8 Å². The summed E-state index contributed by atoms with van der Waals surface area (Å²) in [6.45, 7) is 0. The molecule has 2 aromatic heterocycles. The Morgan fingerprint density at radius 2 is 2.17 bits per heavy atom. The highest BCUT2D eigenvalue weighted by atomic mass is 32.1. The van der Waals surface area contributed by atoms with Crippen molar-refractivity contribution in [2.24, 2.45) is 11.7 Å².